The normalized spacial score (nSPS) is 11.3. The molecule has 0 spiro atoms. The molecule has 0 aliphatic carbocycles. The van der Waals surface area contributed by atoms with Gasteiger partial charge < -0.3 is 18.6 Å². The van der Waals surface area contributed by atoms with E-state index >= 15 is 0 Å². The Morgan fingerprint density at radius 3 is 2.46 bits per heavy atom. The van der Waals surface area contributed by atoms with Crippen LogP contribution in [-0.2, 0) is 25.5 Å². The van der Waals surface area contributed by atoms with Crippen LogP contribution in [0.1, 0.15) is 31.9 Å². The summed E-state index contributed by atoms with van der Waals surface area (Å²) in [5.41, 5.74) is 0.00338. The van der Waals surface area contributed by atoms with E-state index in [0.29, 0.717) is 22.3 Å². The molecular formula is C19H22O7. The minimum Gasteiger partial charge on any atom is -0.482 e. The summed E-state index contributed by atoms with van der Waals surface area (Å²) in [7, 11) is 1.26. The summed E-state index contributed by atoms with van der Waals surface area (Å²) in [6.45, 7) is 6.78. The number of hydrogen-bond donors (Lipinski definition) is 0. The molecule has 1 aromatic carbocycles. The lowest BCUT2D eigenvalue weighted by Crippen LogP contribution is -2.27. The van der Waals surface area contributed by atoms with Crippen molar-refractivity contribution in [1.29, 1.82) is 0 Å². The van der Waals surface area contributed by atoms with Gasteiger partial charge in [0, 0.05) is 11.5 Å². The fourth-order valence-corrected chi connectivity index (χ4v) is 2.40. The van der Waals surface area contributed by atoms with Crippen LogP contribution in [0.15, 0.2) is 27.4 Å². The number of carbonyl (C=O) groups is 2. The van der Waals surface area contributed by atoms with Crippen molar-refractivity contribution in [2.75, 3.05) is 13.7 Å². The Labute approximate surface area is 150 Å². The second-order valence-electron chi connectivity index (χ2n) is 6.78. The second kappa shape index (κ2) is 7.59. The fraction of sp³-hybridized carbons (Fsp3) is 0.421. The SMILES string of the molecule is COC(=O)Cc1c(C)c2ccc(OCC(=O)OC(C)(C)C)cc2oc1=O. The molecule has 0 amide bonds. The molecule has 0 atom stereocenters. The zero-order valence-corrected chi connectivity index (χ0v) is 15.5. The summed E-state index contributed by atoms with van der Waals surface area (Å²) in [6, 6.07) is 4.89. The van der Waals surface area contributed by atoms with Gasteiger partial charge in [-0.25, -0.2) is 9.59 Å². The molecule has 140 valence electrons. The van der Waals surface area contributed by atoms with Gasteiger partial charge >= 0.3 is 17.6 Å². The van der Waals surface area contributed by atoms with Crippen LogP contribution < -0.4 is 10.4 Å². The van der Waals surface area contributed by atoms with Gasteiger partial charge in [0.25, 0.3) is 0 Å². The summed E-state index contributed by atoms with van der Waals surface area (Å²) in [6.07, 6.45) is -0.155. The van der Waals surface area contributed by atoms with Gasteiger partial charge in [-0.15, -0.1) is 0 Å². The minimum atomic E-state index is -0.607. The van der Waals surface area contributed by atoms with Crippen LogP contribution in [-0.4, -0.2) is 31.3 Å². The van der Waals surface area contributed by atoms with E-state index in [1.165, 1.54) is 13.2 Å². The Morgan fingerprint density at radius 2 is 1.85 bits per heavy atom. The monoisotopic (exact) mass is 362 g/mol. The van der Waals surface area contributed by atoms with Gasteiger partial charge in [0.05, 0.1) is 19.1 Å². The Hall–Kier alpha value is -2.83. The summed E-state index contributed by atoms with van der Waals surface area (Å²) in [5.74, 6) is -0.646. The quantitative estimate of drug-likeness (QED) is 0.596. The highest BCUT2D eigenvalue weighted by molar-refractivity contribution is 5.84. The van der Waals surface area contributed by atoms with E-state index in [2.05, 4.69) is 4.74 Å². The van der Waals surface area contributed by atoms with Gasteiger partial charge in [-0.2, -0.15) is 0 Å². The standard InChI is InChI=1S/C19H22O7/c1-11-13-7-6-12(24-10-17(21)26-19(2,3)4)8-15(13)25-18(22)14(11)9-16(20)23-5/h6-8H,9-10H2,1-5H3. The molecule has 2 rings (SSSR count). The smallest absolute Gasteiger partial charge is 0.344 e. The van der Waals surface area contributed by atoms with Crippen LogP contribution in [0, 0.1) is 6.92 Å². The molecule has 7 heteroatoms. The number of carbonyl (C=O) groups excluding carboxylic acids is 2. The zero-order chi connectivity index (χ0) is 19.5. The van der Waals surface area contributed by atoms with Crippen LogP contribution in [0.5, 0.6) is 5.75 Å². The summed E-state index contributed by atoms with van der Waals surface area (Å²) < 4.78 is 20.5. The third-order valence-corrected chi connectivity index (χ3v) is 3.58. The molecule has 0 N–H and O–H groups in total. The first-order chi connectivity index (χ1) is 12.1. The lowest BCUT2D eigenvalue weighted by atomic mass is 10.0. The van der Waals surface area contributed by atoms with Crippen molar-refractivity contribution in [3.8, 4) is 5.75 Å². The molecule has 1 heterocycles. The topological polar surface area (TPSA) is 92.0 Å². The molecule has 2 aromatic rings. The molecule has 0 radical (unpaired) electrons. The van der Waals surface area contributed by atoms with Gasteiger partial charge in [-0.1, -0.05) is 0 Å². The second-order valence-corrected chi connectivity index (χ2v) is 6.78. The Balaban J connectivity index is 2.24. The van der Waals surface area contributed by atoms with Crippen LogP contribution >= 0.6 is 0 Å². The van der Waals surface area contributed by atoms with Crippen molar-refractivity contribution in [2.24, 2.45) is 0 Å². The van der Waals surface area contributed by atoms with Crippen LogP contribution in [0.25, 0.3) is 11.0 Å². The maximum absolute atomic E-state index is 12.2. The lowest BCUT2D eigenvalue weighted by Gasteiger charge is -2.19. The number of hydrogen-bond acceptors (Lipinski definition) is 7. The highest BCUT2D eigenvalue weighted by Crippen LogP contribution is 2.24. The fourth-order valence-electron chi connectivity index (χ4n) is 2.40. The highest BCUT2D eigenvalue weighted by atomic mass is 16.6. The molecular weight excluding hydrogens is 340 g/mol. The Morgan fingerprint density at radius 1 is 1.15 bits per heavy atom. The predicted octanol–water partition coefficient (Wildman–Crippen LogP) is 2.54. The van der Waals surface area contributed by atoms with Crippen LogP contribution in [0.2, 0.25) is 0 Å². The largest absolute Gasteiger partial charge is 0.482 e. The molecule has 0 aliphatic heterocycles. The van der Waals surface area contributed by atoms with Crippen molar-refractivity contribution >= 4 is 22.9 Å². The van der Waals surface area contributed by atoms with E-state index in [-0.39, 0.29) is 18.6 Å². The number of benzene rings is 1. The average molecular weight is 362 g/mol. The first-order valence-corrected chi connectivity index (χ1v) is 8.08. The summed E-state index contributed by atoms with van der Waals surface area (Å²) in [5, 5.41) is 0.674. The molecule has 26 heavy (non-hydrogen) atoms. The van der Waals surface area contributed by atoms with Crippen LogP contribution in [0.3, 0.4) is 0 Å². The van der Waals surface area contributed by atoms with Crippen molar-refractivity contribution in [3.05, 3.63) is 39.7 Å². The Kier molecular flexibility index (Phi) is 5.69. The van der Waals surface area contributed by atoms with E-state index in [9.17, 15) is 14.4 Å². The molecule has 1 aromatic heterocycles. The highest BCUT2D eigenvalue weighted by Gasteiger charge is 2.18. The van der Waals surface area contributed by atoms with Gasteiger partial charge in [-0.3, -0.25) is 4.79 Å². The predicted molar refractivity (Wildman–Crippen MR) is 94.3 cm³/mol. The molecule has 0 unspecified atom stereocenters. The zero-order valence-electron chi connectivity index (χ0n) is 15.5. The van der Waals surface area contributed by atoms with E-state index in [1.807, 2.05) is 0 Å². The van der Waals surface area contributed by atoms with E-state index < -0.39 is 23.2 Å². The van der Waals surface area contributed by atoms with Gasteiger partial charge in [0.2, 0.25) is 0 Å². The summed E-state index contributed by atoms with van der Waals surface area (Å²) in [4.78, 5) is 35.3. The number of ether oxygens (including phenoxy) is 3. The number of fused-ring (bicyclic) bond motifs is 1. The number of methoxy groups -OCH3 is 1. The van der Waals surface area contributed by atoms with E-state index in [0.717, 1.165) is 0 Å². The third-order valence-electron chi connectivity index (χ3n) is 3.58. The Bertz CT molecular complexity index is 887. The van der Waals surface area contributed by atoms with Gasteiger partial charge in [-0.05, 0) is 45.4 Å². The first-order valence-electron chi connectivity index (χ1n) is 8.08. The minimum absolute atomic E-state index is 0.155. The lowest BCUT2D eigenvalue weighted by molar-refractivity contribution is -0.157. The maximum Gasteiger partial charge on any atom is 0.344 e. The van der Waals surface area contributed by atoms with Gasteiger partial charge in [0.15, 0.2) is 6.61 Å². The van der Waals surface area contributed by atoms with Crippen molar-refractivity contribution in [2.45, 2.75) is 39.7 Å². The molecule has 7 nitrogen and oxygen atoms in total. The molecule has 0 aliphatic rings. The third kappa shape index (κ3) is 4.84. The number of aryl methyl sites for hydroxylation is 1. The molecule has 0 saturated heterocycles. The van der Waals surface area contributed by atoms with Crippen molar-refractivity contribution < 1.29 is 28.2 Å². The first kappa shape index (κ1) is 19.5. The molecule has 0 bridgehead atoms. The average Bonchev–Trinajstić information content (AvgIpc) is 2.54. The van der Waals surface area contributed by atoms with Crippen LogP contribution in [0.4, 0.5) is 0 Å². The summed E-state index contributed by atoms with van der Waals surface area (Å²) >= 11 is 0. The van der Waals surface area contributed by atoms with Crippen molar-refractivity contribution in [1.82, 2.24) is 0 Å². The van der Waals surface area contributed by atoms with Crippen molar-refractivity contribution in [3.63, 3.8) is 0 Å². The van der Waals surface area contributed by atoms with E-state index in [4.69, 9.17) is 13.9 Å². The van der Waals surface area contributed by atoms with E-state index in [1.54, 1.807) is 39.8 Å². The van der Waals surface area contributed by atoms with Gasteiger partial charge in [0.1, 0.15) is 16.9 Å². The number of rotatable bonds is 5. The molecule has 0 saturated carbocycles. The molecule has 0 fully saturated rings. The number of esters is 2. The maximum atomic E-state index is 12.2.